The molecule has 1 saturated heterocycles. The van der Waals surface area contributed by atoms with Crippen molar-refractivity contribution in [3.05, 3.63) is 35.5 Å². The van der Waals surface area contributed by atoms with Gasteiger partial charge >= 0.3 is 6.09 Å². The molecule has 2 aromatic rings. The minimum atomic E-state index is -1.21. The molecule has 214 valence electrons. The number of likely N-dealkylation sites (tertiary alicyclic amines) is 1. The van der Waals surface area contributed by atoms with Crippen LogP contribution in [0, 0.1) is 17.8 Å². The van der Waals surface area contributed by atoms with Crippen LogP contribution in [0.5, 0.6) is 0 Å². The van der Waals surface area contributed by atoms with E-state index in [1.807, 2.05) is 78.2 Å². The van der Waals surface area contributed by atoms with Gasteiger partial charge in [-0.05, 0) is 43.4 Å². The van der Waals surface area contributed by atoms with E-state index in [1.165, 1.54) is 4.90 Å². The summed E-state index contributed by atoms with van der Waals surface area (Å²) in [5.41, 5.74) is 11.9. The van der Waals surface area contributed by atoms with Crippen molar-refractivity contribution < 1.29 is 24.2 Å². The smallest absolute Gasteiger partial charge is 0.405 e. The standard InChI is InChI=1S/C28H41N5O5S/c1-8-33(19-11-9-18(10-12-19)22-17(2)30-16-39-22)31-24(35)21-13-20(34)14-32(21)25(36)23(38-26(29)37)28(6,7)15-27(3,4)5/h9-12,16,20-21,23,34H,8,13-15H2,1-7H3,(H2,29,37)(H,31,35)/t20-,21+,23-/m1/s1. The average molecular weight is 560 g/mol. The molecule has 1 aliphatic rings. The van der Waals surface area contributed by atoms with Gasteiger partial charge in [-0.3, -0.25) is 20.0 Å². The number of rotatable bonds is 9. The number of aromatic nitrogens is 1. The van der Waals surface area contributed by atoms with Gasteiger partial charge in [-0.15, -0.1) is 11.3 Å². The number of carbonyl (C=O) groups is 3. The Morgan fingerprint density at radius 2 is 1.87 bits per heavy atom. The number of hydrogen-bond donors (Lipinski definition) is 3. The normalized spacial score (nSPS) is 18.5. The highest BCUT2D eigenvalue weighted by Gasteiger charge is 2.48. The number of nitrogens with two attached hydrogens (primary N) is 1. The van der Waals surface area contributed by atoms with Gasteiger partial charge in [0.1, 0.15) is 6.04 Å². The molecule has 1 fully saturated rings. The van der Waals surface area contributed by atoms with Crippen molar-refractivity contribution in [3.63, 3.8) is 0 Å². The molecule has 1 aromatic heterocycles. The van der Waals surface area contributed by atoms with Crippen LogP contribution in [0.15, 0.2) is 29.8 Å². The number of nitrogens with zero attached hydrogens (tertiary/aromatic N) is 3. The third-order valence-electron chi connectivity index (χ3n) is 6.77. The lowest BCUT2D eigenvalue weighted by Gasteiger charge is -2.39. The van der Waals surface area contributed by atoms with Gasteiger partial charge in [0, 0.05) is 24.9 Å². The van der Waals surface area contributed by atoms with Gasteiger partial charge in [0.05, 0.1) is 27.9 Å². The number of β-amino-alcohol motifs (C(OH)–C–C–N with tert-alkyl or cyclic N) is 1. The van der Waals surface area contributed by atoms with Crippen LogP contribution in [0.25, 0.3) is 10.4 Å². The van der Waals surface area contributed by atoms with Crippen LogP contribution in [0.1, 0.15) is 60.1 Å². The molecule has 0 unspecified atom stereocenters. The van der Waals surface area contributed by atoms with Gasteiger partial charge < -0.3 is 20.5 Å². The number of aryl methyl sites for hydroxylation is 1. The molecule has 0 radical (unpaired) electrons. The number of nitrogens with one attached hydrogen (secondary N) is 1. The number of hydrogen-bond acceptors (Lipinski definition) is 8. The second kappa shape index (κ2) is 11.9. The highest BCUT2D eigenvalue weighted by molar-refractivity contribution is 7.13. The summed E-state index contributed by atoms with van der Waals surface area (Å²) in [6, 6.07) is 6.84. The van der Waals surface area contributed by atoms with E-state index in [-0.39, 0.29) is 18.4 Å². The molecular formula is C28H41N5O5S. The Kier molecular flexibility index (Phi) is 9.27. The molecule has 0 aliphatic carbocycles. The Balaban J connectivity index is 1.80. The molecule has 0 bridgehead atoms. The van der Waals surface area contributed by atoms with Crippen LogP contribution >= 0.6 is 11.3 Å². The SMILES string of the molecule is CCN(NC(=O)[C@@H]1C[C@@H](O)CN1C(=O)[C@@H](OC(N)=O)C(C)(C)CC(C)(C)C)c1ccc(-c2scnc2C)cc1. The maximum absolute atomic E-state index is 13.8. The fourth-order valence-electron chi connectivity index (χ4n) is 5.48. The molecule has 11 heteroatoms. The molecule has 4 N–H and O–H groups in total. The lowest BCUT2D eigenvalue weighted by molar-refractivity contribution is -0.151. The zero-order valence-corrected chi connectivity index (χ0v) is 24.7. The molecule has 10 nitrogen and oxygen atoms in total. The average Bonchev–Trinajstić information content (AvgIpc) is 3.44. The molecule has 1 aromatic carbocycles. The summed E-state index contributed by atoms with van der Waals surface area (Å²) in [4.78, 5) is 45.7. The van der Waals surface area contributed by atoms with Gasteiger partial charge in [-0.25, -0.2) is 9.78 Å². The van der Waals surface area contributed by atoms with E-state index in [2.05, 4.69) is 10.4 Å². The van der Waals surface area contributed by atoms with E-state index in [9.17, 15) is 19.5 Å². The topological polar surface area (TPSA) is 138 Å². The van der Waals surface area contributed by atoms with Crippen LogP contribution in [0.4, 0.5) is 10.5 Å². The lowest BCUT2D eigenvalue weighted by Crippen LogP contribution is -2.56. The Morgan fingerprint density at radius 1 is 1.23 bits per heavy atom. The molecule has 39 heavy (non-hydrogen) atoms. The summed E-state index contributed by atoms with van der Waals surface area (Å²) in [5.74, 6) is -0.984. The summed E-state index contributed by atoms with van der Waals surface area (Å²) >= 11 is 1.57. The van der Waals surface area contributed by atoms with Crippen molar-refractivity contribution >= 4 is 34.9 Å². The number of benzene rings is 1. The Morgan fingerprint density at radius 3 is 2.38 bits per heavy atom. The van der Waals surface area contributed by atoms with Crippen molar-refractivity contribution in [2.24, 2.45) is 16.6 Å². The number of thiazole rings is 1. The zero-order chi connectivity index (χ0) is 29.1. The summed E-state index contributed by atoms with van der Waals surface area (Å²) in [6.45, 7) is 14.0. The van der Waals surface area contributed by atoms with Crippen molar-refractivity contribution in [1.82, 2.24) is 15.3 Å². The molecular weight excluding hydrogens is 518 g/mol. The van der Waals surface area contributed by atoms with E-state index in [0.717, 1.165) is 21.8 Å². The monoisotopic (exact) mass is 559 g/mol. The largest absolute Gasteiger partial charge is 0.436 e. The molecule has 0 saturated carbocycles. The van der Waals surface area contributed by atoms with E-state index in [0.29, 0.717) is 13.0 Å². The molecule has 1 aliphatic heterocycles. The number of primary amides is 1. The fourth-order valence-corrected chi connectivity index (χ4v) is 6.29. The first kappa shape index (κ1) is 30.4. The summed E-state index contributed by atoms with van der Waals surface area (Å²) in [6.07, 6.45) is -2.54. The molecule has 0 spiro atoms. The first-order valence-electron chi connectivity index (χ1n) is 13.2. The van der Waals surface area contributed by atoms with Crippen LogP contribution in [-0.4, -0.2) is 64.2 Å². The summed E-state index contributed by atoms with van der Waals surface area (Å²) in [7, 11) is 0. The minimum Gasteiger partial charge on any atom is -0.436 e. The van der Waals surface area contributed by atoms with Gasteiger partial charge in [0.25, 0.3) is 11.8 Å². The fraction of sp³-hybridized carbons (Fsp3) is 0.571. The van der Waals surface area contributed by atoms with Crippen molar-refractivity contribution in [2.75, 3.05) is 18.1 Å². The number of aliphatic hydroxyl groups excluding tert-OH is 1. The summed E-state index contributed by atoms with van der Waals surface area (Å²) in [5, 5.41) is 12.1. The first-order valence-corrected chi connectivity index (χ1v) is 14.0. The predicted molar refractivity (Wildman–Crippen MR) is 152 cm³/mol. The van der Waals surface area contributed by atoms with Crippen molar-refractivity contribution in [1.29, 1.82) is 0 Å². The van der Waals surface area contributed by atoms with E-state index in [1.54, 1.807) is 16.3 Å². The third kappa shape index (κ3) is 7.48. The van der Waals surface area contributed by atoms with Gasteiger partial charge in [-0.1, -0.05) is 46.8 Å². The second-order valence-electron chi connectivity index (χ2n) is 12.0. The van der Waals surface area contributed by atoms with Gasteiger partial charge in [0.2, 0.25) is 0 Å². The Labute approximate surface area is 234 Å². The van der Waals surface area contributed by atoms with Crippen molar-refractivity contribution in [2.45, 2.75) is 79.6 Å². The number of aliphatic hydroxyl groups is 1. The highest BCUT2D eigenvalue weighted by Crippen LogP contribution is 2.39. The minimum absolute atomic E-state index is 0.0455. The van der Waals surface area contributed by atoms with Crippen LogP contribution in [0.3, 0.4) is 0 Å². The van der Waals surface area contributed by atoms with Crippen LogP contribution < -0.4 is 16.2 Å². The van der Waals surface area contributed by atoms with Crippen LogP contribution in [-0.2, 0) is 14.3 Å². The molecule has 3 amide bonds. The highest BCUT2D eigenvalue weighted by atomic mass is 32.1. The van der Waals surface area contributed by atoms with Gasteiger partial charge in [0.15, 0.2) is 6.10 Å². The number of hydrazine groups is 1. The van der Waals surface area contributed by atoms with Gasteiger partial charge in [-0.2, -0.15) is 0 Å². The lowest BCUT2D eigenvalue weighted by atomic mass is 9.72. The second-order valence-corrected chi connectivity index (χ2v) is 12.8. The molecule has 3 rings (SSSR count). The maximum atomic E-state index is 13.8. The third-order valence-corrected chi connectivity index (χ3v) is 7.74. The number of anilines is 1. The molecule has 3 atom stereocenters. The van der Waals surface area contributed by atoms with E-state index < -0.39 is 41.6 Å². The Hall–Kier alpha value is -3.18. The number of amides is 3. The Bertz CT molecular complexity index is 1170. The predicted octanol–water partition coefficient (Wildman–Crippen LogP) is 3.86. The van der Waals surface area contributed by atoms with Crippen LogP contribution in [0.2, 0.25) is 0 Å². The maximum Gasteiger partial charge on any atom is 0.405 e. The molecule has 2 heterocycles. The number of ether oxygens (including phenoxy) is 1. The first-order chi connectivity index (χ1) is 18.1. The van der Waals surface area contributed by atoms with E-state index >= 15 is 0 Å². The number of carbonyl (C=O) groups excluding carboxylic acids is 3. The quantitative estimate of drug-likeness (QED) is 0.397. The van der Waals surface area contributed by atoms with Crippen molar-refractivity contribution in [3.8, 4) is 10.4 Å². The summed E-state index contributed by atoms with van der Waals surface area (Å²) < 4.78 is 5.34. The zero-order valence-electron chi connectivity index (χ0n) is 23.9. The van der Waals surface area contributed by atoms with E-state index in [4.69, 9.17) is 10.5 Å².